The molecular weight excluding hydrogens is 488 g/mol. The molecule has 0 spiro atoms. The van der Waals surface area contributed by atoms with E-state index in [9.17, 15) is 4.79 Å². The van der Waals surface area contributed by atoms with Crippen molar-refractivity contribution in [1.82, 2.24) is 9.78 Å². The molecule has 0 saturated carbocycles. The molecule has 0 saturated heterocycles. The van der Waals surface area contributed by atoms with Gasteiger partial charge in [-0.15, -0.1) is 0 Å². The fraction of sp³-hybridized carbons (Fsp3) is 0.379. The summed E-state index contributed by atoms with van der Waals surface area (Å²) < 4.78 is 2.98. The fourth-order valence-corrected chi connectivity index (χ4v) is 5.19. The highest BCUT2D eigenvalue weighted by Crippen LogP contribution is 2.46. The number of aromatic carboxylic acids is 1. The maximum absolute atomic E-state index is 11.2. The third-order valence-electron chi connectivity index (χ3n) is 7.16. The van der Waals surface area contributed by atoms with Crippen molar-refractivity contribution in [2.75, 3.05) is 0 Å². The average molecular weight is 521 g/mol. The van der Waals surface area contributed by atoms with Crippen LogP contribution in [0.5, 0.6) is 0 Å². The first kappa shape index (κ1) is 24.5. The van der Waals surface area contributed by atoms with Gasteiger partial charge in [-0.25, -0.2) is 4.79 Å². The summed E-state index contributed by atoms with van der Waals surface area (Å²) >= 11 is 3.47. The highest BCUT2D eigenvalue weighted by molar-refractivity contribution is 9.10. The van der Waals surface area contributed by atoms with Crippen LogP contribution < -0.4 is 0 Å². The molecular formula is C29H33BrN2O2. The summed E-state index contributed by atoms with van der Waals surface area (Å²) in [4.78, 5) is 11.2. The first-order valence-corrected chi connectivity index (χ1v) is 12.7. The van der Waals surface area contributed by atoms with Crippen LogP contribution in [-0.2, 0) is 23.8 Å². The van der Waals surface area contributed by atoms with Crippen LogP contribution in [0.25, 0.3) is 12.2 Å². The summed E-state index contributed by atoms with van der Waals surface area (Å²) in [5, 5.41) is 13.6. The van der Waals surface area contributed by atoms with Crippen molar-refractivity contribution in [2.45, 2.75) is 70.8 Å². The molecule has 178 valence electrons. The normalized spacial score (nSPS) is 16.5. The number of carbonyl (C=O) groups is 1. The third kappa shape index (κ3) is 5.35. The maximum atomic E-state index is 11.2. The lowest BCUT2D eigenvalue weighted by atomic mass is 9.62. The molecule has 5 heteroatoms. The minimum absolute atomic E-state index is 0.149. The van der Waals surface area contributed by atoms with E-state index in [0.29, 0.717) is 5.56 Å². The van der Waals surface area contributed by atoms with Crippen molar-refractivity contribution in [3.63, 3.8) is 0 Å². The molecule has 0 bridgehead atoms. The van der Waals surface area contributed by atoms with Crippen molar-refractivity contribution in [1.29, 1.82) is 0 Å². The van der Waals surface area contributed by atoms with Gasteiger partial charge in [-0.1, -0.05) is 64.1 Å². The number of nitrogens with zero attached hydrogens (tertiary/aromatic N) is 2. The second-order valence-corrected chi connectivity index (χ2v) is 11.6. The summed E-state index contributed by atoms with van der Waals surface area (Å²) in [6, 6.07) is 11.9. The Labute approximate surface area is 210 Å². The van der Waals surface area contributed by atoms with Crippen LogP contribution in [0.4, 0.5) is 0 Å². The van der Waals surface area contributed by atoms with Gasteiger partial charge in [-0.2, -0.15) is 5.10 Å². The van der Waals surface area contributed by atoms with Gasteiger partial charge >= 0.3 is 5.97 Å². The molecule has 4 nitrogen and oxygen atoms in total. The van der Waals surface area contributed by atoms with Crippen molar-refractivity contribution < 1.29 is 9.90 Å². The Morgan fingerprint density at radius 3 is 2.29 bits per heavy atom. The van der Waals surface area contributed by atoms with Crippen LogP contribution in [-0.4, -0.2) is 20.9 Å². The van der Waals surface area contributed by atoms with E-state index < -0.39 is 5.97 Å². The van der Waals surface area contributed by atoms with Gasteiger partial charge in [-0.05, 0) is 92.4 Å². The summed E-state index contributed by atoms with van der Waals surface area (Å²) in [6.07, 6.45) is 12.5. The first-order valence-electron chi connectivity index (χ1n) is 11.9. The van der Waals surface area contributed by atoms with Crippen LogP contribution in [0.3, 0.4) is 0 Å². The Morgan fingerprint density at radius 2 is 1.71 bits per heavy atom. The van der Waals surface area contributed by atoms with Crippen LogP contribution in [0.1, 0.15) is 85.1 Å². The van der Waals surface area contributed by atoms with Crippen molar-refractivity contribution in [3.05, 3.63) is 86.6 Å². The highest BCUT2D eigenvalue weighted by Gasteiger charge is 2.37. The zero-order chi connectivity index (χ0) is 24.5. The predicted octanol–water partition coefficient (Wildman–Crippen LogP) is 7.50. The highest BCUT2D eigenvalue weighted by atomic mass is 79.9. The lowest BCUT2D eigenvalue weighted by Gasteiger charge is -2.42. The van der Waals surface area contributed by atoms with E-state index in [2.05, 4.69) is 73.0 Å². The number of hydrogen-bond donors (Lipinski definition) is 1. The number of hydrogen-bond acceptors (Lipinski definition) is 2. The number of rotatable bonds is 7. The number of aromatic nitrogens is 2. The molecule has 3 aromatic rings. The van der Waals surface area contributed by atoms with E-state index in [-0.39, 0.29) is 10.8 Å². The van der Waals surface area contributed by atoms with Crippen LogP contribution in [0.2, 0.25) is 0 Å². The fourth-order valence-electron chi connectivity index (χ4n) is 4.86. The summed E-state index contributed by atoms with van der Waals surface area (Å²) in [7, 11) is 0. The molecule has 2 aromatic carbocycles. The molecule has 0 radical (unpaired) electrons. The largest absolute Gasteiger partial charge is 0.478 e. The first-order chi connectivity index (χ1) is 16.0. The van der Waals surface area contributed by atoms with Gasteiger partial charge in [0.1, 0.15) is 0 Å². The molecule has 1 N–H and O–H groups in total. The summed E-state index contributed by atoms with van der Waals surface area (Å²) in [5.41, 5.74) is 7.14. The predicted molar refractivity (Wildman–Crippen MR) is 142 cm³/mol. The number of carboxylic acid groups (broad SMARTS) is 1. The van der Waals surface area contributed by atoms with Crippen LogP contribution in [0.15, 0.2) is 53.3 Å². The summed E-state index contributed by atoms with van der Waals surface area (Å²) in [5.74, 6) is -0.901. The molecule has 1 aliphatic rings. The minimum Gasteiger partial charge on any atom is -0.478 e. The molecule has 0 amide bonds. The number of carboxylic acids is 1. The van der Waals surface area contributed by atoms with Gasteiger partial charge in [0, 0.05) is 12.7 Å². The van der Waals surface area contributed by atoms with E-state index >= 15 is 0 Å². The molecule has 0 unspecified atom stereocenters. The van der Waals surface area contributed by atoms with E-state index in [4.69, 9.17) is 5.11 Å². The molecule has 34 heavy (non-hydrogen) atoms. The topological polar surface area (TPSA) is 55.1 Å². The van der Waals surface area contributed by atoms with Gasteiger partial charge in [0.2, 0.25) is 0 Å². The molecule has 1 heterocycles. The van der Waals surface area contributed by atoms with Gasteiger partial charge in [0.05, 0.1) is 16.2 Å². The van der Waals surface area contributed by atoms with E-state index in [1.54, 1.807) is 12.1 Å². The van der Waals surface area contributed by atoms with Gasteiger partial charge in [-0.3, -0.25) is 4.68 Å². The minimum atomic E-state index is -0.901. The Morgan fingerprint density at radius 1 is 1.06 bits per heavy atom. The van der Waals surface area contributed by atoms with Crippen molar-refractivity contribution in [2.24, 2.45) is 0 Å². The van der Waals surface area contributed by atoms with Crippen molar-refractivity contribution >= 4 is 34.1 Å². The van der Waals surface area contributed by atoms with E-state index in [1.807, 2.05) is 29.2 Å². The number of aryl methyl sites for hydroxylation is 2. The number of benzene rings is 2. The quantitative estimate of drug-likeness (QED) is 0.328. The number of halogens is 1. The maximum Gasteiger partial charge on any atom is 0.335 e. The Bertz CT molecular complexity index is 1220. The zero-order valence-corrected chi connectivity index (χ0v) is 22.0. The third-order valence-corrected chi connectivity index (χ3v) is 7.57. The molecule has 0 atom stereocenters. The zero-order valence-electron chi connectivity index (χ0n) is 20.4. The lowest BCUT2D eigenvalue weighted by molar-refractivity contribution is 0.0697. The Hall–Kier alpha value is -2.66. The van der Waals surface area contributed by atoms with Gasteiger partial charge in [0.15, 0.2) is 0 Å². The van der Waals surface area contributed by atoms with E-state index in [0.717, 1.165) is 29.4 Å². The Kier molecular flexibility index (Phi) is 6.86. The van der Waals surface area contributed by atoms with Gasteiger partial charge < -0.3 is 5.11 Å². The van der Waals surface area contributed by atoms with Crippen LogP contribution in [0, 0.1) is 0 Å². The molecule has 1 aromatic heterocycles. The lowest BCUT2D eigenvalue weighted by Crippen LogP contribution is -2.34. The van der Waals surface area contributed by atoms with Crippen LogP contribution >= 0.6 is 15.9 Å². The molecule has 1 aliphatic carbocycles. The second-order valence-electron chi connectivity index (χ2n) is 10.7. The number of fused-ring (bicyclic) bond motifs is 1. The van der Waals surface area contributed by atoms with Gasteiger partial charge in [0.25, 0.3) is 0 Å². The summed E-state index contributed by atoms with van der Waals surface area (Å²) in [6.45, 7) is 10.3. The average Bonchev–Trinajstić information content (AvgIpc) is 3.21. The van der Waals surface area contributed by atoms with E-state index in [1.165, 1.54) is 35.1 Å². The molecule has 4 rings (SSSR count). The standard InChI is InChI=1S/C29H33BrN2O2/c1-28(2)13-14-29(3,4)26-17-23(12-9-20-7-10-21(11-8-20)27(33)34)22(16-25(26)28)6-5-15-32-19-24(30)18-31-32/h7-12,16-19H,5-6,13-15H2,1-4H3,(H,33,34)/b12-9+. The SMILES string of the molecule is CC1(C)CCC(C)(C)c2cc(CCCn3cc(Br)cn3)c(/C=C/c3ccc(C(=O)O)cc3)cc21. The monoisotopic (exact) mass is 520 g/mol. The smallest absolute Gasteiger partial charge is 0.335 e. The Balaban J connectivity index is 1.67. The molecule has 0 fully saturated rings. The molecule has 0 aliphatic heterocycles. The van der Waals surface area contributed by atoms with Crippen molar-refractivity contribution in [3.8, 4) is 0 Å². The second kappa shape index (κ2) is 9.53.